The van der Waals surface area contributed by atoms with E-state index in [1.54, 1.807) is 11.3 Å². The molecule has 0 atom stereocenters. The number of nitrogens with zero attached hydrogens (tertiary/aromatic N) is 5. The van der Waals surface area contributed by atoms with Crippen LogP contribution in [-0.2, 0) is 21.1 Å². The summed E-state index contributed by atoms with van der Waals surface area (Å²) in [5.41, 5.74) is 6.18. The van der Waals surface area contributed by atoms with Crippen molar-refractivity contribution >= 4 is 74.5 Å². The molecule has 208 valence electrons. The second-order valence-electron chi connectivity index (χ2n) is 9.31. The summed E-state index contributed by atoms with van der Waals surface area (Å²) < 4.78 is 8.87. The predicted octanol–water partition coefficient (Wildman–Crippen LogP) is 6.78. The van der Waals surface area contributed by atoms with Gasteiger partial charge in [0.05, 0.1) is 0 Å². The topological polar surface area (TPSA) is 44.7 Å². The fraction of sp³-hybridized carbons (Fsp3) is 0. The van der Waals surface area contributed by atoms with Gasteiger partial charge in [0.15, 0.2) is 0 Å². The van der Waals surface area contributed by atoms with E-state index in [1.165, 1.54) is 8.92 Å². The van der Waals surface area contributed by atoms with Crippen molar-refractivity contribution in [3.05, 3.63) is 134 Å². The van der Waals surface area contributed by atoms with Gasteiger partial charge in [0.1, 0.15) is 0 Å². The fourth-order valence-electron chi connectivity index (χ4n) is 5.00. The van der Waals surface area contributed by atoms with Crippen molar-refractivity contribution < 1.29 is 25.8 Å². The normalized spacial score (nSPS) is 13.2. The average molecular weight is 809 g/mol. The van der Waals surface area contributed by atoms with Gasteiger partial charge >= 0.3 is 213 Å². The van der Waals surface area contributed by atoms with E-state index in [9.17, 15) is 0 Å². The van der Waals surface area contributed by atoms with Crippen LogP contribution in [0.1, 0.15) is 0 Å². The molecule has 0 amide bonds. The number of benzene rings is 4. The number of pyridine rings is 1. The van der Waals surface area contributed by atoms with E-state index in [1.807, 2.05) is 54.3 Å². The van der Waals surface area contributed by atoms with Gasteiger partial charge in [0, 0.05) is 21.1 Å². The Bertz CT molecular complexity index is 1870. The number of hydrogen-bond donors (Lipinski definition) is 0. The number of para-hydroxylation sites is 3. The van der Waals surface area contributed by atoms with Gasteiger partial charge in [0.25, 0.3) is 0 Å². The Kier molecular flexibility index (Phi) is 7.30. The van der Waals surface area contributed by atoms with Crippen molar-refractivity contribution in [1.82, 2.24) is 9.97 Å². The standard InChI is InChI=1S/C33H20N5OSSe.Pt/c1-2-7-23(8-3-1)36-22-37(28-12-5-4-11-27(28)36)24-9-6-10-25(19-24)39-26-13-14-31-29(20-26)38(33-35-17-18-40-33)30-21-34-16-15-32(30)41-31;/h1-18,21-22H;/q-3;. The molecule has 0 spiro atoms. The van der Waals surface area contributed by atoms with Gasteiger partial charge in [-0.25, -0.2) is 0 Å². The molecule has 6 nitrogen and oxygen atoms in total. The summed E-state index contributed by atoms with van der Waals surface area (Å²) >= 11 is 1.72. The molecule has 0 saturated carbocycles. The van der Waals surface area contributed by atoms with E-state index in [0.717, 1.165) is 39.3 Å². The molecule has 2 aromatic heterocycles. The Labute approximate surface area is 268 Å². The van der Waals surface area contributed by atoms with E-state index in [-0.39, 0.29) is 36.0 Å². The third-order valence-corrected chi connectivity index (χ3v) is 9.91. The summed E-state index contributed by atoms with van der Waals surface area (Å²) in [7, 11) is 0. The summed E-state index contributed by atoms with van der Waals surface area (Å²) in [5.74, 6) is 1.24. The molecule has 8 rings (SSSR count). The van der Waals surface area contributed by atoms with Crippen LogP contribution in [0.3, 0.4) is 0 Å². The first-order chi connectivity index (χ1) is 20.3. The number of thiazole rings is 1. The molecule has 4 heterocycles. The van der Waals surface area contributed by atoms with Gasteiger partial charge < -0.3 is 0 Å². The second kappa shape index (κ2) is 11.4. The van der Waals surface area contributed by atoms with Crippen molar-refractivity contribution in [2.75, 3.05) is 14.7 Å². The molecule has 0 saturated heterocycles. The van der Waals surface area contributed by atoms with E-state index in [4.69, 9.17) is 4.74 Å². The predicted molar refractivity (Wildman–Crippen MR) is 165 cm³/mol. The van der Waals surface area contributed by atoms with E-state index in [2.05, 4.69) is 104 Å². The van der Waals surface area contributed by atoms with Crippen molar-refractivity contribution in [3.63, 3.8) is 0 Å². The van der Waals surface area contributed by atoms with Crippen LogP contribution in [0.5, 0.6) is 11.5 Å². The molecule has 0 unspecified atom stereocenters. The van der Waals surface area contributed by atoms with Crippen LogP contribution in [0.2, 0.25) is 0 Å². The number of aromatic nitrogens is 2. The van der Waals surface area contributed by atoms with Crippen LogP contribution >= 0.6 is 11.3 Å². The van der Waals surface area contributed by atoms with Crippen LogP contribution in [0.15, 0.2) is 115 Å². The SMILES string of the molecule is [Pt].[c-]1c(Oc2[c-]c3c(cc2)[Se]c2ccncc2N3c2nccs2)cccc1N1[CH-]N(c2ccccc2)c2ccccc21. The Morgan fingerprint density at radius 2 is 1.55 bits per heavy atom. The Morgan fingerprint density at radius 3 is 2.38 bits per heavy atom. The van der Waals surface area contributed by atoms with Crippen molar-refractivity contribution in [1.29, 1.82) is 0 Å². The zero-order valence-electron chi connectivity index (χ0n) is 21.8. The first-order valence-corrected chi connectivity index (χ1v) is 15.6. The van der Waals surface area contributed by atoms with Gasteiger partial charge in [0.2, 0.25) is 0 Å². The molecule has 0 N–H and O–H groups in total. The number of rotatable bonds is 5. The summed E-state index contributed by atoms with van der Waals surface area (Å²) in [6.07, 6.45) is 5.58. The first kappa shape index (κ1) is 26.9. The van der Waals surface area contributed by atoms with Crippen molar-refractivity contribution in [2.45, 2.75) is 0 Å². The molecule has 0 bridgehead atoms. The van der Waals surface area contributed by atoms with Gasteiger partial charge in [-0.3, -0.25) is 0 Å². The number of anilines is 7. The molecule has 2 aliphatic heterocycles. The molecule has 42 heavy (non-hydrogen) atoms. The number of hydrogen-bond acceptors (Lipinski definition) is 7. The Balaban J connectivity index is 0.00000288. The Morgan fingerprint density at radius 1 is 0.738 bits per heavy atom. The van der Waals surface area contributed by atoms with E-state index >= 15 is 0 Å². The Hall–Kier alpha value is -3.93. The number of fused-ring (bicyclic) bond motifs is 3. The molecule has 0 fully saturated rings. The molecule has 2 aliphatic rings. The van der Waals surface area contributed by atoms with Gasteiger partial charge in [-0.15, -0.1) is 0 Å². The average Bonchev–Trinajstić information content (AvgIpc) is 3.69. The third kappa shape index (κ3) is 4.81. The molecule has 0 aliphatic carbocycles. The summed E-state index contributed by atoms with van der Waals surface area (Å²) in [6.45, 7) is 2.10. The third-order valence-electron chi connectivity index (χ3n) is 6.82. The van der Waals surface area contributed by atoms with Crippen LogP contribution in [0, 0.1) is 18.8 Å². The second-order valence-corrected chi connectivity index (χ2v) is 12.5. The molecule has 6 aromatic rings. The molecule has 4 aromatic carbocycles. The van der Waals surface area contributed by atoms with Gasteiger partial charge in [-0.05, 0) is 12.1 Å². The monoisotopic (exact) mass is 809 g/mol. The summed E-state index contributed by atoms with van der Waals surface area (Å²) in [5, 5.41) is 2.86. The van der Waals surface area contributed by atoms with Crippen molar-refractivity contribution in [3.8, 4) is 11.5 Å². The van der Waals surface area contributed by atoms with Crippen LogP contribution in [-0.4, -0.2) is 24.9 Å². The molecule has 0 radical (unpaired) electrons. The van der Waals surface area contributed by atoms with Crippen molar-refractivity contribution in [2.24, 2.45) is 0 Å². The van der Waals surface area contributed by atoms with Crippen LogP contribution < -0.4 is 28.4 Å². The fourth-order valence-corrected chi connectivity index (χ4v) is 7.74. The minimum absolute atomic E-state index is 0. The maximum atomic E-state index is 6.38. The number of ether oxygens (including phenoxy) is 1. The van der Waals surface area contributed by atoms with E-state index < -0.39 is 0 Å². The molecular weight excluding hydrogens is 789 g/mol. The minimum atomic E-state index is 0. The van der Waals surface area contributed by atoms with Crippen LogP contribution in [0.25, 0.3) is 0 Å². The quantitative estimate of drug-likeness (QED) is 0.141. The zero-order valence-corrected chi connectivity index (χ0v) is 26.6. The zero-order chi connectivity index (χ0) is 27.2. The summed E-state index contributed by atoms with van der Waals surface area (Å²) in [4.78, 5) is 15.5. The van der Waals surface area contributed by atoms with Gasteiger partial charge in [-0.1, -0.05) is 24.3 Å². The summed E-state index contributed by atoms with van der Waals surface area (Å²) in [6, 6.07) is 37.9. The van der Waals surface area contributed by atoms with Crippen LogP contribution in [0.4, 0.5) is 39.3 Å². The first-order valence-electron chi connectivity index (χ1n) is 13.0. The molecule has 9 heteroatoms. The molecular formula is C33H20N5OPtSSe-3. The van der Waals surface area contributed by atoms with E-state index in [0.29, 0.717) is 11.5 Å². The van der Waals surface area contributed by atoms with Gasteiger partial charge in [-0.2, -0.15) is 0 Å². The maximum absolute atomic E-state index is 6.38.